The Morgan fingerprint density at radius 3 is 2.38 bits per heavy atom. The fraction of sp³-hybridized carbons (Fsp3) is 0.391. The quantitative estimate of drug-likeness (QED) is 0.393. The number of thioether (sulfide) groups is 1. The van der Waals surface area contributed by atoms with Gasteiger partial charge in [0.2, 0.25) is 10.0 Å². The minimum atomic E-state index is -3.51. The van der Waals surface area contributed by atoms with Crippen LogP contribution in [0.25, 0.3) is 10.2 Å². The molecule has 34 heavy (non-hydrogen) atoms. The van der Waals surface area contributed by atoms with E-state index in [2.05, 4.69) is 6.07 Å². The number of hydrogen-bond acceptors (Lipinski definition) is 7. The molecule has 11 heteroatoms. The molecule has 7 nitrogen and oxygen atoms in total. The summed E-state index contributed by atoms with van der Waals surface area (Å²) in [5.74, 6) is -0.189. The average Bonchev–Trinajstić information content (AvgIpc) is 3.49. The van der Waals surface area contributed by atoms with Crippen LogP contribution in [0.15, 0.2) is 52.3 Å². The van der Waals surface area contributed by atoms with Crippen LogP contribution in [0.3, 0.4) is 0 Å². The maximum absolute atomic E-state index is 13.5. The lowest BCUT2D eigenvalue weighted by Crippen LogP contribution is -2.36. The third-order valence-electron chi connectivity index (χ3n) is 5.64. The molecule has 1 fully saturated rings. The second kappa shape index (κ2) is 11.4. The monoisotopic (exact) mass is 540 g/mol. The van der Waals surface area contributed by atoms with Gasteiger partial charge in [-0.05, 0) is 75.7 Å². The number of carbonyl (C=O) groups excluding carboxylic acids is 1. The van der Waals surface area contributed by atoms with Gasteiger partial charge in [0.05, 0.1) is 15.1 Å². The summed E-state index contributed by atoms with van der Waals surface area (Å²) < 4.78 is 28.2. The fourth-order valence-electron chi connectivity index (χ4n) is 3.72. The smallest absolute Gasteiger partial charge is 0.260 e. The standard InChI is InChI=1S/C23H28N4O3S3.ClH/c1-25(2)14-15-27(23-24-20-11-8-18(31-3)16-21(20)32-23)22(28)17-6-9-19(10-7-17)33(29,30)26-12-4-5-13-26;/h6-11,16H,4-5,12-15H2,1-3H3;1H. The largest absolute Gasteiger partial charge is 0.308 e. The number of anilines is 1. The first-order valence-electron chi connectivity index (χ1n) is 10.8. The average molecular weight is 541 g/mol. The topological polar surface area (TPSA) is 73.8 Å². The van der Waals surface area contributed by atoms with Crippen molar-refractivity contribution >= 4 is 66.8 Å². The number of carbonyl (C=O) groups is 1. The zero-order valence-corrected chi connectivity index (χ0v) is 22.7. The highest BCUT2D eigenvalue weighted by Crippen LogP contribution is 2.32. The molecule has 0 bridgehead atoms. The minimum Gasteiger partial charge on any atom is -0.308 e. The Hall–Kier alpha value is -1.69. The highest BCUT2D eigenvalue weighted by molar-refractivity contribution is 7.98. The van der Waals surface area contributed by atoms with Crippen LogP contribution in [0.5, 0.6) is 0 Å². The summed E-state index contributed by atoms with van der Waals surface area (Å²) in [7, 11) is 0.415. The Labute approximate surface area is 215 Å². The van der Waals surface area contributed by atoms with E-state index in [1.807, 2.05) is 37.4 Å². The van der Waals surface area contributed by atoms with Crippen LogP contribution >= 0.6 is 35.5 Å². The number of thiazole rings is 1. The van der Waals surface area contributed by atoms with Crippen molar-refractivity contribution in [3.05, 3.63) is 48.0 Å². The number of amides is 1. The number of rotatable bonds is 8. The molecule has 3 aromatic rings. The van der Waals surface area contributed by atoms with Gasteiger partial charge in [0, 0.05) is 36.6 Å². The number of nitrogens with zero attached hydrogens (tertiary/aromatic N) is 4. The molecule has 184 valence electrons. The Morgan fingerprint density at radius 1 is 1.09 bits per heavy atom. The van der Waals surface area contributed by atoms with Crippen LogP contribution in [0.4, 0.5) is 5.13 Å². The first kappa shape index (κ1) is 26.9. The van der Waals surface area contributed by atoms with Crippen LogP contribution in [0, 0.1) is 0 Å². The third-order valence-corrected chi connectivity index (χ3v) is 9.31. The molecule has 1 saturated heterocycles. The summed E-state index contributed by atoms with van der Waals surface area (Å²) in [4.78, 5) is 23.3. The van der Waals surface area contributed by atoms with E-state index in [1.165, 1.54) is 27.8 Å². The minimum absolute atomic E-state index is 0. The van der Waals surface area contributed by atoms with E-state index in [-0.39, 0.29) is 23.2 Å². The summed E-state index contributed by atoms with van der Waals surface area (Å²) in [6, 6.07) is 12.4. The number of likely N-dealkylation sites (N-methyl/N-ethyl adjacent to an activating group) is 1. The van der Waals surface area contributed by atoms with E-state index in [9.17, 15) is 13.2 Å². The van der Waals surface area contributed by atoms with Gasteiger partial charge in [-0.25, -0.2) is 13.4 Å². The van der Waals surface area contributed by atoms with Gasteiger partial charge >= 0.3 is 0 Å². The highest BCUT2D eigenvalue weighted by Gasteiger charge is 2.28. The van der Waals surface area contributed by atoms with Crippen molar-refractivity contribution in [2.75, 3.05) is 51.4 Å². The molecule has 1 aliphatic heterocycles. The third kappa shape index (κ3) is 5.75. The van der Waals surface area contributed by atoms with E-state index in [4.69, 9.17) is 4.98 Å². The Kier molecular flexibility index (Phi) is 8.99. The van der Waals surface area contributed by atoms with Gasteiger partial charge in [-0.2, -0.15) is 4.31 Å². The number of aromatic nitrogens is 1. The van der Waals surface area contributed by atoms with Crippen molar-refractivity contribution in [1.29, 1.82) is 0 Å². The van der Waals surface area contributed by atoms with Crippen LogP contribution in [-0.2, 0) is 10.0 Å². The van der Waals surface area contributed by atoms with E-state index in [0.717, 1.165) is 28.0 Å². The molecular weight excluding hydrogens is 512 g/mol. The lowest BCUT2D eigenvalue weighted by atomic mass is 10.2. The van der Waals surface area contributed by atoms with Crippen LogP contribution in [0.2, 0.25) is 0 Å². The summed E-state index contributed by atoms with van der Waals surface area (Å²) >= 11 is 3.16. The maximum atomic E-state index is 13.5. The van der Waals surface area contributed by atoms with Gasteiger partial charge in [0.25, 0.3) is 5.91 Å². The highest BCUT2D eigenvalue weighted by atomic mass is 35.5. The second-order valence-electron chi connectivity index (χ2n) is 8.23. The number of halogens is 1. The molecule has 0 saturated carbocycles. The molecule has 0 N–H and O–H groups in total. The van der Waals surface area contributed by atoms with Gasteiger partial charge in [-0.3, -0.25) is 9.69 Å². The summed E-state index contributed by atoms with van der Waals surface area (Å²) in [6.07, 6.45) is 3.80. The molecule has 1 aliphatic rings. The molecule has 0 unspecified atom stereocenters. The molecule has 1 aromatic heterocycles. The molecule has 0 spiro atoms. The zero-order chi connectivity index (χ0) is 23.6. The predicted octanol–water partition coefficient (Wildman–Crippen LogP) is 4.43. The maximum Gasteiger partial charge on any atom is 0.260 e. The zero-order valence-electron chi connectivity index (χ0n) is 19.4. The Bertz CT molecular complexity index is 1240. The van der Waals surface area contributed by atoms with Crippen molar-refractivity contribution < 1.29 is 13.2 Å². The van der Waals surface area contributed by atoms with Gasteiger partial charge in [-0.1, -0.05) is 11.3 Å². The van der Waals surface area contributed by atoms with E-state index < -0.39 is 10.0 Å². The van der Waals surface area contributed by atoms with Crippen molar-refractivity contribution in [2.45, 2.75) is 22.6 Å². The predicted molar refractivity (Wildman–Crippen MR) is 143 cm³/mol. The molecule has 0 aliphatic carbocycles. The second-order valence-corrected chi connectivity index (χ2v) is 12.1. The van der Waals surface area contributed by atoms with E-state index in [0.29, 0.717) is 36.9 Å². The van der Waals surface area contributed by atoms with Crippen molar-refractivity contribution in [3.8, 4) is 0 Å². The first-order valence-corrected chi connectivity index (χ1v) is 14.3. The number of benzene rings is 2. The number of hydrogen-bond donors (Lipinski definition) is 0. The van der Waals surface area contributed by atoms with E-state index >= 15 is 0 Å². The molecule has 0 atom stereocenters. The van der Waals surface area contributed by atoms with Crippen molar-refractivity contribution in [1.82, 2.24) is 14.2 Å². The molecule has 1 amide bonds. The summed E-state index contributed by atoms with van der Waals surface area (Å²) in [5, 5.41) is 0.642. The van der Waals surface area contributed by atoms with Crippen LogP contribution < -0.4 is 4.90 Å². The Balaban J connectivity index is 0.00000324. The van der Waals surface area contributed by atoms with Crippen LogP contribution in [-0.4, -0.2) is 75.0 Å². The van der Waals surface area contributed by atoms with Crippen LogP contribution in [0.1, 0.15) is 23.2 Å². The first-order chi connectivity index (χ1) is 15.8. The summed E-state index contributed by atoms with van der Waals surface area (Å²) in [5.41, 5.74) is 1.31. The normalized spacial score (nSPS) is 14.5. The summed E-state index contributed by atoms with van der Waals surface area (Å²) in [6.45, 7) is 2.27. The van der Waals surface area contributed by atoms with E-state index in [1.54, 1.807) is 28.8 Å². The lowest BCUT2D eigenvalue weighted by molar-refractivity contribution is 0.0985. The molecule has 2 heterocycles. The number of sulfonamides is 1. The SMILES string of the molecule is CSc1ccc2nc(N(CCN(C)C)C(=O)c3ccc(S(=O)(=O)N4CCCC4)cc3)sc2c1.Cl. The molecule has 2 aromatic carbocycles. The Morgan fingerprint density at radius 2 is 1.76 bits per heavy atom. The van der Waals surface area contributed by atoms with Gasteiger partial charge in [0.15, 0.2) is 5.13 Å². The molecule has 4 rings (SSSR count). The number of fused-ring (bicyclic) bond motifs is 1. The van der Waals surface area contributed by atoms with Crippen molar-refractivity contribution in [3.63, 3.8) is 0 Å². The lowest BCUT2D eigenvalue weighted by Gasteiger charge is -2.22. The van der Waals surface area contributed by atoms with Gasteiger partial charge in [0.1, 0.15) is 0 Å². The van der Waals surface area contributed by atoms with Gasteiger partial charge in [-0.15, -0.1) is 24.2 Å². The molecular formula is C23H29ClN4O3S3. The molecule has 0 radical (unpaired) electrons. The van der Waals surface area contributed by atoms with Crippen molar-refractivity contribution in [2.24, 2.45) is 0 Å². The fourth-order valence-corrected chi connectivity index (χ4v) is 6.78. The van der Waals surface area contributed by atoms with Gasteiger partial charge < -0.3 is 4.90 Å².